The van der Waals surface area contributed by atoms with Crippen LogP contribution >= 0.6 is 11.3 Å². The average Bonchev–Trinajstić information content (AvgIpc) is 2.72. The van der Waals surface area contributed by atoms with Crippen LogP contribution in [-0.4, -0.2) is 10.5 Å². The van der Waals surface area contributed by atoms with Crippen molar-refractivity contribution in [3.63, 3.8) is 0 Å². The maximum absolute atomic E-state index is 4.55. The van der Waals surface area contributed by atoms with E-state index in [1.165, 1.54) is 26.6 Å². The first kappa shape index (κ1) is 15.2. The summed E-state index contributed by atoms with van der Waals surface area (Å²) in [5, 5.41) is 4.70. The molecule has 0 amide bonds. The molecule has 1 aromatic carbocycles. The Morgan fingerprint density at radius 3 is 2.35 bits per heavy atom. The van der Waals surface area contributed by atoms with E-state index < -0.39 is 0 Å². The molecule has 0 saturated heterocycles. The van der Waals surface area contributed by atoms with Gasteiger partial charge in [0.15, 0.2) is 0 Å². The lowest BCUT2D eigenvalue weighted by molar-refractivity contribution is 0.426. The van der Waals surface area contributed by atoms with E-state index in [1.54, 1.807) is 11.3 Å². The number of hydrogen-bond acceptors (Lipinski definition) is 3. The van der Waals surface area contributed by atoms with E-state index in [0.29, 0.717) is 0 Å². The van der Waals surface area contributed by atoms with Crippen molar-refractivity contribution in [2.45, 2.75) is 53.1 Å². The van der Waals surface area contributed by atoms with Gasteiger partial charge in [-0.25, -0.2) is 4.98 Å². The fourth-order valence-corrected chi connectivity index (χ4v) is 3.11. The van der Waals surface area contributed by atoms with Gasteiger partial charge in [0.1, 0.15) is 0 Å². The molecule has 0 atom stereocenters. The highest BCUT2D eigenvalue weighted by Crippen LogP contribution is 2.19. The predicted octanol–water partition coefficient (Wildman–Crippen LogP) is 4.24. The summed E-state index contributed by atoms with van der Waals surface area (Å²) < 4.78 is 0. The van der Waals surface area contributed by atoms with Crippen LogP contribution in [0.1, 0.15) is 47.3 Å². The Morgan fingerprint density at radius 2 is 1.75 bits per heavy atom. The summed E-state index contributed by atoms with van der Waals surface area (Å²) in [6.07, 6.45) is 2.93. The summed E-state index contributed by atoms with van der Waals surface area (Å²) in [6, 6.07) is 6.72. The molecule has 0 spiro atoms. The minimum atomic E-state index is 0.151. The van der Waals surface area contributed by atoms with Gasteiger partial charge >= 0.3 is 0 Å². The van der Waals surface area contributed by atoms with Gasteiger partial charge in [0.2, 0.25) is 0 Å². The predicted molar refractivity (Wildman–Crippen MR) is 87.4 cm³/mol. The van der Waals surface area contributed by atoms with Gasteiger partial charge < -0.3 is 5.32 Å². The van der Waals surface area contributed by atoms with Crippen molar-refractivity contribution in [2.75, 3.05) is 0 Å². The Hall–Kier alpha value is -1.19. The summed E-state index contributed by atoms with van der Waals surface area (Å²) in [6.45, 7) is 11.8. The maximum atomic E-state index is 4.55. The zero-order chi connectivity index (χ0) is 14.8. The Balaban J connectivity index is 2.02. The molecule has 0 bridgehead atoms. The van der Waals surface area contributed by atoms with Crippen LogP contribution in [0.4, 0.5) is 0 Å². The maximum Gasteiger partial charge on any atom is 0.0972 e. The van der Waals surface area contributed by atoms with Crippen molar-refractivity contribution < 1.29 is 0 Å². The monoisotopic (exact) mass is 288 g/mol. The Kier molecular flexibility index (Phi) is 4.61. The lowest BCUT2D eigenvalue weighted by atomic mass is 10.1. The highest BCUT2D eigenvalue weighted by molar-refractivity contribution is 7.11. The molecule has 0 unspecified atom stereocenters. The molecule has 2 aromatic rings. The van der Waals surface area contributed by atoms with Crippen LogP contribution in [0.3, 0.4) is 0 Å². The molecule has 1 aromatic heterocycles. The van der Waals surface area contributed by atoms with Gasteiger partial charge in [0.25, 0.3) is 0 Å². The van der Waals surface area contributed by atoms with Crippen LogP contribution in [0.15, 0.2) is 24.4 Å². The number of benzene rings is 1. The quantitative estimate of drug-likeness (QED) is 0.910. The molecule has 0 radical (unpaired) electrons. The van der Waals surface area contributed by atoms with Gasteiger partial charge in [-0.05, 0) is 40.2 Å². The molecule has 1 heterocycles. The fourth-order valence-electron chi connectivity index (χ4n) is 2.21. The first-order valence-corrected chi connectivity index (χ1v) is 7.89. The largest absolute Gasteiger partial charge is 0.307 e. The van der Waals surface area contributed by atoms with Crippen molar-refractivity contribution in [1.82, 2.24) is 10.3 Å². The summed E-state index contributed by atoms with van der Waals surface area (Å²) >= 11 is 1.81. The van der Waals surface area contributed by atoms with Crippen LogP contribution < -0.4 is 5.32 Å². The minimum absolute atomic E-state index is 0.151. The van der Waals surface area contributed by atoms with Crippen molar-refractivity contribution in [2.24, 2.45) is 0 Å². The standard InChI is InChI=1S/C17H24N2S/c1-12-6-13(2)8-14(7-12)9-16-18-10-15(20-16)11-19-17(3,4)5/h6-8,10,19H,9,11H2,1-5H3. The molecule has 2 rings (SSSR count). The second-order valence-corrected chi connectivity index (χ2v) is 7.70. The van der Waals surface area contributed by atoms with E-state index in [9.17, 15) is 0 Å². The van der Waals surface area contributed by atoms with E-state index in [0.717, 1.165) is 13.0 Å². The average molecular weight is 288 g/mol. The molecule has 0 fully saturated rings. The van der Waals surface area contributed by atoms with Gasteiger partial charge in [0, 0.05) is 29.6 Å². The Labute approximate surface area is 126 Å². The van der Waals surface area contributed by atoms with Crippen LogP contribution in [0.25, 0.3) is 0 Å². The molecule has 2 nitrogen and oxygen atoms in total. The third-order valence-corrected chi connectivity index (χ3v) is 4.03. The number of thiazole rings is 1. The highest BCUT2D eigenvalue weighted by atomic mass is 32.1. The highest BCUT2D eigenvalue weighted by Gasteiger charge is 2.10. The molecule has 20 heavy (non-hydrogen) atoms. The van der Waals surface area contributed by atoms with Gasteiger partial charge in [-0.2, -0.15) is 0 Å². The second-order valence-electron chi connectivity index (χ2n) is 6.50. The zero-order valence-corrected chi connectivity index (χ0v) is 13.9. The fraction of sp³-hybridized carbons (Fsp3) is 0.471. The molecule has 0 aliphatic rings. The molecule has 1 N–H and O–H groups in total. The van der Waals surface area contributed by atoms with Crippen molar-refractivity contribution >= 4 is 11.3 Å². The third-order valence-electron chi connectivity index (χ3n) is 3.03. The summed E-state index contributed by atoms with van der Waals surface area (Å²) in [5.74, 6) is 0. The number of rotatable bonds is 4. The first-order valence-electron chi connectivity index (χ1n) is 7.07. The third kappa shape index (κ3) is 4.73. The Morgan fingerprint density at radius 1 is 1.10 bits per heavy atom. The van der Waals surface area contributed by atoms with E-state index in [4.69, 9.17) is 0 Å². The van der Waals surface area contributed by atoms with Gasteiger partial charge in [-0.15, -0.1) is 11.3 Å². The number of hydrogen-bond donors (Lipinski definition) is 1. The smallest absolute Gasteiger partial charge is 0.0972 e. The van der Waals surface area contributed by atoms with E-state index in [-0.39, 0.29) is 5.54 Å². The summed E-state index contributed by atoms with van der Waals surface area (Å²) in [4.78, 5) is 5.85. The molecule has 0 saturated carbocycles. The lowest BCUT2D eigenvalue weighted by Crippen LogP contribution is -2.34. The molecule has 0 aliphatic carbocycles. The number of nitrogens with one attached hydrogen (secondary N) is 1. The van der Waals surface area contributed by atoms with Crippen LogP contribution in [0, 0.1) is 13.8 Å². The summed E-state index contributed by atoms with van der Waals surface area (Å²) in [7, 11) is 0. The molecular formula is C17H24N2S. The van der Waals surface area contributed by atoms with Gasteiger partial charge in [-0.3, -0.25) is 0 Å². The number of aromatic nitrogens is 1. The van der Waals surface area contributed by atoms with Gasteiger partial charge in [-0.1, -0.05) is 29.3 Å². The van der Waals surface area contributed by atoms with Crippen molar-refractivity contribution in [3.8, 4) is 0 Å². The van der Waals surface area contributed by atoms with Crippen LogP contribution in [0.2, 0.25) is 0 Å². The number of aryl methyl sites for hydroxylation is 2. The molecule has 108 valence electrons. The van der Waals surface area contributed by atoms with E-state index in [1.807, 2.05) is 6.20 Å². The summed E-state index contributed by atoms with van der Waals surface area (Å²) in [5.41, 5.74) is 4.15. The Bertz CT molecular complexity index is 559. The van der Waals surface area contributed by atoms with Crippen molar-refractivity contribution in [1.29, 1.82) is 0 Å². The van der Waals surface area contributed by atoms with Crippen molar-refractivity contribution in [3.05, 3.63) is 51.0 Å². The van der Waals surface area contributed by atoms with Gasteiger partial charge in [0.05, 0.1) is 5.01 Å². The number of nitrogens with zero attached hydrogens (tertiary/aromatic N) is 1. The van der Waals surface area contributed by atoms with E-state index >= 15 is 0 Å². The normalized spacial score (nSPS) is 11.8. The van der Waals surface area contributed by atoms with Crippen LogP contribution in [-0.2, 0) is 13.0 Å². The SMILES string of the molecule is Cc1cc(C)cc(Cc2ncc(CNC(C)(C)C)s2)c1. The first-order chi connectivity index (χ1) is 9.32. The topological polar surface area (TPSA) is 24.9 Å². The molecule has 3 heteroatoms. The zero-order valence-electron chi connectivity index (χ0n) is 13.1. The minimum Gasteiger partial charge on any atom is -0.307 e. The molecular weight excluding hydrogens is 264 g/mol. The van der Waals surface area contributed by atoms with Crippen LogP contribution in [0.5, 0.6) is 0 Å². The van der Waals surface area contributed by atoms with E-state index in [2.05, 4.69) is 63.1 Å². The second kappa shape index (κ2) is 6.06. The molecule has 0 aliphatic heterocycles. The lowest BCUT2D eigenvalue weighted by Gasteiger charge is -2.19.